The number of rotatable bonds is 5. The van der Waals surface area contributed by atoms with E-state index in [1.807, 2.05) is 7.05 Å². The number of hydrogen-bond donors (Lipinski definition) is 2. The third kappa shape index (κ3) is 4.35. The molecule has 0 radical (unpaired) electrons. The SMILES string of the molecule is CC(O)CCN(C)Cc1nc(N)ccc1Cl. The van der Waals surface area contributed by atoms with Crippen molar-refractivity contribution in [2.75, 3.05) is 19.3 Å². The van der Waals surface area contributed by atoms with Crippen LogP contribution in [0.3, 0.4) is 0 Å². The van der Waals surface area contributed by atoms with Crippen LogP contribution in [0.1, 0.15) is 19.0 Å². The highest BCUT2D eigenvalue weighted by Crippen LogP contribution is 2.16. The molecular weight excluding hydrogens is 226 g/mol. The third-order valence-corrected chi connectivity index (χ3v) is 2.63. The number of pyridine rings is 1. The monoisotopic (exact) mass is 243 g/mol. The number of aromatic nitrogens is 1. The summed E-state index contributed by atoms with van der Waals surface area (Å²) < 4.78 is 0. The molecule has 1 heterocycles. The first-order valence-corrected chi connectivity index (χ1v) is 5.64. The van der Waals surface area contributed by atoms with Crippen molar-refractivity contribution in [3.05, 3.63) is 22.8 Å². The van der Waals surface area contributed by atoms with Crippen LogP contribution in [0.25, 0.3) is 0 Å². The Morgan fingerprint density at radius 2 is 2.25 bits per heavy atom. The molecule has 1 aromatic heterocycles. The van der Waals surface area contributed by atoms with Gasteiger partial charge in [-0.3, -0.25) is 0 Å². The van der Waals surface area contributed by atoms with Gasteiger partial charge in [-0.05, 0) is 32.5 Å². The molecule has 0 amide bonds. The highest BCUT2D eigenvalue weighted by molar-refractivity contribution is 6.31. The zero-order valence-corrected chi connectivity index (χ0v) is 10.4. The van der Waals surface area contributed by atoms with E-state index in [0.29, 0.717) is 17.4 Å². The molecule has 0 bridgehead atoms. The van der Waals surface area contributed by atoms with Crippen LogP contribution < -0.4 is 5.73 Å². The quantitative estimate of drug-likeness (QED) is 0.823. The van der Waals surface area contributed by atoms with Gasteiger partial charge in [-0.25, -0.2) is 4.98 Å². The van der Waals surface area contributed by atoms with E-state index in [9.17, 15) is 5.11 Å². The van der Waals surface area contributed by atoms with Gasteiger partial charge < -0.3 is 15.7 Å². The minimum absolute atomic E-state index is 0.285. The van der Waals surface area contributed by atoms with Gasteiger partial charge in [-0.2, -0.15) is 0 Å². The summed E-state index contributed by atoms with van der Waals surface area (Å²) in [6.07, 6.45) is 0.447. The average molecular weight is 244 g/mol. The summed E-state index contributed by atoms with van der Waals surface area (Å²) in [6.45, 7) is 3.21. The molecule has 4 nitrogen and oxygen atoms in total. The Kier molecular flexibility index (Phi) is 4.99. The molecule has 0 aromatic carbocycles. The zero-order chi connectivity index (χ0) is 12.1. The van der Waals surface area contributed by atoms with Crippen molar-refractivity contribution in [3.8, 4) is 0 Å². The summed E-state index contributed by atoms with van der Waals surface area (Å²) in [5.41, 5.74) is 6.37. The van der Waals surface area contributed by atoms with Crippen LogP contribution >= 0.6 is 11.6 Å². The topological polar surface area (TPSA) is 62.4 Å². The third-order valence-electron chi connectivity index (χ3n) is 2.29. The van der Waals surface area contributed by atoms with Crippen molar-refractivity contribution in [2.45, 2.75) is 26.0 Å². The fraction of sp³-hybridized carbons (Fsp3) is 0.545. The number of anilines is 1. The number of aliphatic hydroxyl groups is 1. The summed E-state index contributed by atoms with van der Waals surface area (Å²) >= 11 is 6.01. The minimum Gasteiger partial charge on any atom is -0.393 e. The average Bonchev–Trinajstić information content (AvgIpc) is 2.20. The van der Waals surface area contributed by atoms with E-state index in [2.05, 4.69) is 9.88 Å². The van der Waals surface area contributed by atoms with Gasteiger partial charge in [0.25, 0.3) is 0 Å². The number of halogens is 1. The zero-order valence-electron chi connectivity index (χ0n) is 9.65. The van der Waals surface area contributed by atoms with Gasteiger partial charge in [0.05, 0.1) is 16.8 Å². The van der Waals surface area contributed by atoms with Crippen LogP contribution in [0.4, 0.5) is 5.82 Å². The second-order valence-electron chi connectivity index (χ2n) is 4.04. The number of nitrogen functional groups attached to an aromatic ring is 1. The van der Waals surface area contributed by atoms with Gasteiger partial charge in [0.2, 0.25) is 0 Å². The molecule has 0 aliphatic heterocycles. The molecule has 1 aromatic rings. The van der Waals surface area contributed by atoms with E-state index >= 15 is 0 Å². The molecule has 0 saturated heterocycles. The molecule has 1 rings (SSSR count). The van der Waals surface area contributed by atoms with Crippen LogP contribution in [0, 0.1) is 0 Å². The first kappa shape index (κ1) is 13.2. The Balaban J connectivity index is 2.55. The molecule has 5 heteroatoms. The predicted molar refractivity (Wildman–Crippen MR) is 66.3 cm³/mol. The van der Waals surface area contributed by atoms with Crippen LogP contribution in [0.2, 0.25) is 5.02 Å². The number of hydrogen-bond acceptors (Lipinski definition) is 4. The summed E-state index contributed by atoms with van der Waals surface area (Å²) in [5.74, 6) is 0.475. The van der Waals surface area contributed by atoms with Crippen molar-refractivity contribution < 1.29 is 5.11 Å². The molecule has 3 N–H and O–H groups in total. The summed E-state index contributed by atoms with van der Waals surface area (Å²) in [5, 5.41) is 9.80. The van der Waals surface area contributed by atoms with E-state index in [-0.39, 0.29) is 6.10 Å². The Morgan fingerprint density at radius 1 is 1.56 bits per heavy atom. The smallest absolute Gasteiger partial charge is 0.123 e. The van der Waals surface area contributed by atoms with Gasteiger partial charge in [0.1, 0.15) is 5.82 Å². The highest BCUT2D eigenvalue weighted by Gasteiger charge is 2.07. The number of aliphatic hydroxyl groups excluding tert-OH is 1. The van der Waals surface area contributed by atoms with E-state index in [1.54, 1.807) is 19.1 Å². The lowest BCUT2D eigenvalue weighted by molar-refractivity contribution is 0.162. The molecule has 0 fully saturated rings. The van der Waals surface area contributed by atoms with Gasteiger partial charge in [-0.15, -0.1) is 0 Å². The largest absolute Gasteiger partial charge is 0.393 e. The van der Waals surface area contributed by atoms with Crippen molar-refractivity contribution in [2.24, 2.45) is 0 Å². The molecule has 1 unspecified atom stereocenters. The van der Waals surface area contributed by atoms with Crippen LogP contribution in [-0.4, -0.2) is 34.7 Å². The molecule has 0 saturated carbocycles. The van der Waals surface area contributed by atoms with E-state index in [0.717, 1.165) is 18.7 Å². The Bertz CT molecular complexity index is 344. The van der Waals surface area contributed by atoms with E-state index in [1.165, 1.54) is 0 Å². The predicted octanol–water partition coefficient (Wildman–Crippen LogP) is 1.52. The van der Waals surface area contributed by atoms with Gasteiger partial charge in [0, 0.05) is 13.1 Å². The van der Waals surface area contributed by atoms with E-state index < -0.39 is 0 Å². The first-order chi connectivity index (χ1) is 7.49. The number of nitrogens with two attached hydrogens (primary N) is 1. The molecule has 0 aliphatic carbocycles. The fourth-order valence-electron chi connectivity index (χ4n) is 1.35. The molecule has 16 heavy (non-hydrogen) atoms. The standard InChI is InChI=1S/C11H18ClN3O/c1-8(16)5-6-15(2)7-10-9(12)3-4-11(13)14-10/h3-4,8,16H,5-7H2,1-2H3,(H2,13,14). The van der Waals surface area contributed by atoms with Crippen LogP contribution in [0.5, 0.6) is 0 Å². The Hall–Kier alpha value is -0.840. The Labute approximate surface area is 101 Å². The summed E-state index contributed by atoms with van der Waals surface area (Å²) in [7, 11) is 1.96. The molecule has 0 spiro atoms. The first-order valence-electron chi connectivity index (χ1n) is 5.26. The van der Waals surface area contributed by atoms with Crippen molar-refractivity contribution in [1.82, 2.24) is 9.88 Å². The van der Waals surface area contributed by atoms with Crippen molar-refractivity contribution in [1.29, 1.82) is 0 Å². The molecular formula is C11H18ClN3O. The lowest BCUT2D eigenvalue weighted by Gasteiger charge is -2.17. The molecule has 90 valence electrons. The fourth-order valence-corrected chi connectivity index (χ4v) is 1.52. The van der Waals surface area contributed by atoms with Crippen LogP contribution in [0.15, 0.2) is 12.1 Å². The summed E-state index contributed by atoms with van der Waals surface area (Å²) in [6, 6.07) is 3.43. The van der Waals surface area contributed by atoms with E-state index in [4.69, 9.17) is 17.3 Å². The van der Waals surface area contributed by atoms with Gasteiger partial charge >= 0.3 is 0 Å². The highest BCUT2D eigenvalue weighted by atomic mass is 35.5. The maximum Gasteiger partial charge on any atom is 0.123 e. The number of nitrogens with zero attached hydrogens (tertiary/aromatic N) is 2. The minimum atomic E-state index is -0.285. The van der Waals surface area contributed by atoms with Gasteiger partial charge in [-0.1, -0.05) is 11.6 Å². The lowest BCUT2D eigenvalue weighted by Crippen LogP contribution is -2.22. The molecule has 0 aliphatic rings. The second-order valence-corrected chi connectivity index (χ2v) is 4.45. The summed E-state index contributed by atoms with van der Waals surface area (Å²) in [4.78, 5) is 6.24. The second kappa shape index (κ2) is 6.03. The maximum atomic E-state index is 9.18. The van der Waals surface area contributed by atoms with Crippen LogP contribution in [-0.2, 0) is 6.54 Å². The maximum absolute atomic E-state index is 9.18. The lowest BCUT2D eigenvalue weighted by atomic mass is 10.2. The van der Waals surface area contributed by atoms with Crippen molar-refractivity contribution in [3.63, 3.8) is 0 Å². The Morgan fingerprint density at radius 3 is 2.88 bits per heavy atom. The normalized spacial score (nSPS) is 13.1. The van der Waals surface area contributed by atoms with Gasteiger partial charge in [0.15, 0.2) is 0 Å². The molecule has 1 atom stereocenters. The van der Waals surface area contributed by atoms with Crippen molar-refractivity contribution >= 4 is 17.4 Å².